The fourth-order valence-electron chi connectivity index (χ4n) is 1.76. The van der Waals surface area contributed by atoms with E-state index < -0.39 is 0 Å². The summed E-state index contributed by atoms with van der Waals surface area (Å²) in [7, 11) is 2.03. The summed E-state index contributed by atoms with van der Waals surface area (Å²) in [5.74, 6) is 1.37. The summed E-state index contributed by atoms with van der Waals surface area (Å²) in [6.45, 7) is 6.82. The van der Waals surface area contributed by atoms with Crippen molar-refractivity contribution in [3.05, 3.63) is 16.6 Å². The van der Waals surface area contributed by atoms with Crippen LogP contribution in [-0.4, -0.2) is 18.1 Å². The second-order valence-electron chi connectivity index (χ2n) is 4.12. The minimum absolute atomic E-state index is 0.555. The first kappa shape index (κ1) is 11.7. The molecule has 0 radical (unpaired) electrons. The average Bonchev–Trinajstić information content (AvgIpc) is 2.65. The third-order valence-electron chi connectivity index (χ3n) is 2.85. The van der Waals surface area contributed by atoms with Gasteiger partial charge in [-0.15, -0.1) is 11.3 Å². The molecular formula is C11H20N2S. The molecule has 0 amide bonds. The molecule has 0 saturated heterocycles. The van der Waals surface area contributed by atoms with E-state index in [1.807, 2.05) is 13.2 Å². The number of rotatable bonds is 5. The van der Waals surface area contributed by atoms with Crippen LogP contribution in [0.1, 0.15) is 25.8 Å². The summed E-state index contributed by atoms with van der Waals surface area (Å²) in [5, 5.41) is 6.64. The van der Waals surface area contributed by atoms with Gasteiger partial charge in [-0.3, -0.25) is 0 Å². The molecule has 0 aliphatic heterocycles. The molecular weight excluding hydrogens is 192 g/mol. The highest BCUT2D eigenvalue weighted by atomic mass is 32.1. The third-order valence-corrected chi connectivity index (χ3v) is 3.65. The minimum Gasteiger partial charge on any atom is -0.317 e. The molecule has 2 unspecified atom stereocenters. The van der Waals surface area contributed by atoms with E-state index in [1.165, 1.54) is 5.01 Å². The molecule has 1 aromatic rings. The van der Waals surface area contributed by atoms with Crippen LogP contribution in [0, 0.1) is 11.8 Å². The Hall–Kier alpha value is -0.410. The molecule has 3 heteroatoms. The fraction of sp³-hybridized carbons (Fsp3) is 0.727. The Labute approximate surface area is 90.8 Å². The summed E-state index contributed by atoms with van der Waals surface area (Å²) in [4.78, 5) is 4.35. The van der Waals surface area contributed by atoms with Crippen molar-refractivity contribution in [1.82, 2.24) is 10.3 Å². The first-order valence-corrected chi connectivity index (χ1v) is 6.08. The largest absolute Gasteiger partial charge is 0.317 e. The van der Waals surface area contributed by atoms with Crippen LogP contribution in [-0.2, 0) is 6.42 Å². The van der Waals surface area contributed by atoms with Crippen molar-refractivity contribution in [2.24, 2.45) is 11.8 Å². The van der Waals surface area contributed by atoms with Crippen LogP contribution in [0.25, 0.3) is 0 Å². The highest BCUT2D eigenvalue weighted by Crippen LogP contribution is 2.21. The molecule has 0 aliphatic rings. The molecule has 1 heterocycles. The molecule has 0 bridgehead atoms. The molecule has 80 valence electrons. The zero-order chi connectivity index (χ0) is 10.6. The predicted molar refractivity (Wildman–Crippen MR) is 62.7 cm³/mol. The second-order valence-corrected chi connectivity index (χ2v) is 5.09. The number of aromatic nitrogens is 1. The third kappa shape index (κ3) is 3.07. The van der Waals surface area contributed by atoms with Crippen LogP contribution < -0.4 is 5.32 Å². The van der Waals surface area contributed by atoms with Gasteiger partial charge < -0.3 is 5.32 Å². The lowest BCUT2D eigenvalue weighted by Crippen LogP contribution is -2.35. The van der Waals surface area contributed by atoms with E-state index in [-0.39, 0.29) is 0 Å². The highest BCUT2D eigenvalue weighted by Gasteiger charge is 2.20. The summed E-state index contributed by atoms with van der Waals surface area (Å²) in [6.07, 6.45) is 2.98. The monoisotopic (exact) mass is 212 g/mol. The zero-order valence-electron chi connectivity index (χ0n) is 9.45. The van der Waals surface area contributed by atoms with Gasteiger partial charge in [0.2, 0.25) is 0 Å². The Morgan fingerprint density at radius 1 is 1.43 bits per heavy atom. The highest BCUT2D eigenvalue weighted by molar-refractivity contribution is 7.09. The number of hydrogen-bond acceptors (Lipinski definition) is 3. The van der Waals surface area contributed by atoms with Gasteiger partial charge in [0.25, 0.3) is 0 Å². The first-order valence-electron chi connectivity index (χ1n) is 5.20. The molecule has 2 atom stereocenters. The van der Waals surface area contributed by atoms with Crippen LogP contribution in [0.3, 0.4) is 0 Å². The minimum atomic E-state index is 0.555. The van der Waals surface area contributed by atoms with Crippen molar-refractivity contribution < 1.29 is 0 Å². The molecule has 14 heavy (non-hydrogen) atoms. The second kappa shape index (κ2) is 5.47. The van der Waals surface area contributed by atoms with Gasteiger partial charge >= 0.3 is 0 Å². The number of hydrogen-bond donors (Lipinski definition) is 1. The Kier molecular flexibility index (Phi) is 4.55. The summed E-state index contributed by atoms with van der Waals surface area (Å²) in [6, 6.07) is 0.555. The first-order chi connectivity index (χ1) is 6.65. The van der Waals surface area contributed by atoms with Crippen LogP contribution in [0.4, 0.5) is 0 Å². The Balaban J connectivity index is 2.60. The molecule has 0 spiro atoms. The molecule has 0 aliphatic carbocycles. The zero-order valence-corrected chi connectivity index (χ0v) is 10.3. The van der Waals surface area contributed by atoms with E-state index in [0.29, 0.717) is 17.9 Å². The van der Waals surface area contributed by atoms with E-state index in [0.717, 1.165) is 6.42 Å². The van der Waals surface area contributed by atoms with E-state index in [1.54, 1.807) is 11.3 Å². The van der Waals surface area contributed by atoms with Gasteiger partial charge in [0, 0.05) is 24.0 Å². The normalized spacial score (nSPS) is 15.8. The van der Waals surface area contributed by atoms with Crippen molar-refractivity contribution in [3.8, 4) is 0 Å². The number of nitrogens with one attached hydrogen (secondary N) is 1. The van der Waals surface area contributed by atoms with E-state index in [9.17, 15) is 0 Å². The van der Waals surface area contributed by atoms with Crippen molar-refractivity contribution in [1.29, 1.82) is 0 Å². The van der Waals surface area contributed by atoms with Crippen LogP contribution >= 0.6 is 11.3 Å². The van der Waals surface area contributed by atoms with Crippen molar-refractivity contribution in [2.45, 2.75) is 33.2 Å². The molecule has 1 N–H and O–H groups in total. The lowest BCUT2D eigenvalue weighted by Gasteiger charge is -2.26. The van der Waals surface area contributed by atoms with Gasteiger partial charge in [-0.1, -0.05) is 13.8 Å². The van der Waals surface area contributed by atoms with Crippen molar-refractivity contribution in [3.63, 3.8) is 0 Å². The molecule has 1 aromatic heterocycles. The Bertz CT molecular complexity index is 244. The maximum Gasteiger partial charge on any atom is 0.0928 e. The molecule has 0 aromatic carbocycles. The summed E-state index contributed by atoms with van der Waals surface area (Å²) < 4.78 is 0. The Morgan fingerprint density at radius 3 is 2.57 bits per heavy atom. The standard InChI is InChI=1S/C11H20N2S/c1-8(2)10(9(3)12-4)7-11-13-5-6-14-11/h5-6,8-10,12H,7H2,1-4H3. The van der Waals surface area contributed by atoms with Crippen LogP contribution in [0.2, 0.25) is 0 Å². The molecule has 1 rings (SSSR count). The van der Waals surface area contributed by atoms with Gasteiger partial charge in [0.1, 0.15) is 0 Å². The predicted octanol–water partition coefficient (Wildman–Crippen LogP) is 2.57. The van der Waals surface area contributed by atoms with Gasteiger partial charge in [0.05, 0.1) is 5.01 Å². The average molecular weight is 212 g/mol. The fourth-order valence-corrected chi connectivity index (χ4v) is 2.45. The maximum absolute atomic E-state index is 4.35. The maximum atomic E-state index is 4.35. The smallest absolute Gasteiger partial charge is 0.0928 e. The van der Waals surface area contributed by atoms with E-state index in [4.69, 9.17) is 0 Å². The summed E-state index contributed by atoms with van der Waals surface area (Å²) in [5.41, 5.74) is 0. The molecule has 0 fully saturated rings. The Morgan fingerprint density at radius 2 is 2.14 bits per heavy atom. The van der Waals surface area contributed by atoms with Gasteiger partial charge in [0.15, 0.2) is 0 Å². The van der Waals surface area contributed by atoms with E-state index >= 15 is 0 Å². The lowest BCUT2D eigenvalue weighted by molar-refractivity contribution is 0.300. The van der Waals surface area contributed by atoms with Crippen molar-refractivity contribution >= 4 is 11.3 Å². The molecule has 0 saturated carbocycles. The number of thiazole rings is 1. The lowest BCUT2D eigenvalue weighted by atomic mass is 9.87. The summed E-state index contributed by atoms with van der Waals surface area (Å²) >= 11 is 1.76. The van der Waals surface area contributed by atoms with Crippen molar-refractivity contribution in [2.75, 3.05) is 7.05 Å². The van der Waals surface area contributed by atoms with Gasteiger partial charge in [-0.25, -0.2) is 4.98 Å². The van der Waals surface area contributed by atoms with Crippen LogP contribution in [0.5, 0.6) is 0 Å². The van der Waals surface area contributed by atoms with Crippen LogP contribution in [0.15, 0.2) is 11.6 Å². The number of nitrogens with zero attached hydrogens (tertiary/aromatic N) is 1. The van der Waals surface area contributed by atoms with E-state index in [2.05, 4.69) is 36.5 Å². The quantitative estimate of drug-likeness (QED) is 0.811. The topological polar surface area (TPSA) is 24.9 Å². The SMILES string of the molecule is CNC(C)C(Cc1nccs1)C(C)C. The van der Waals surface area contributed by atoms with Gasteiger partial charge in [-0.05, 0) is 25.8 Å². The van der Waals surface area contributed by atoms with Gasteiger partial charge in [-0.2, -0.15) is 0 Å². The molecule has 2 nitrogen and oxygen atoms in total.